The molecular weight excluding hydrogens is 561 g/mol. The summed E-state index contributed by atoms with van der Waals surface area (Å²) in [6.45, 7) is 0. The van der Waals surface area contributed by atoms with Gasteiger partial charge in [0.25, 0.3) is 0 Å². The van der Waals surface area contributed by atoms with Gasteiger partial charge in [0.2, 0.25) is 5.91 Å². The highest BCUT2D eigenvalue weighted by molar-refractivity contribution is 7.87. The van der Waals surface area contributed by atoms with Crippen LogP contribution in [0.2, 0.25) is 0 Å². The first kappa shape index (κ1) is 28.2. The van der Waals surface area contributed by atoms with E-state index in [1.807, 2.05) is 57.9 Å². The summed E-state index contributed by atoms with van der Waals surface area (Å²) in [6.07, 6.45) is -0.234. The van der Waals surface area contributed by atoms with Crippen LogP contribution in [0.3, 0.4) is 0 Å². The average Bonchev–Trinajstić information content (AvgIpc) is 3.60. The van der Waals surface area contributed by atoms with E-state index in [1.165, 1.54) is 24.5 Å². The molecule has 13 heteroatoms. The largest absolute Gasteiger partial charge is 0.453 e. The molecule has 0 radical (unpaired) electrons. The van der Waals surface area contributed by atoms with Crippen molar-refractivity contribution in [2.45, 2.75) is 24.9 Å². The maximum absolute atomic E-state index is 13.5. The molecule has 10 nitrogen and oxygen atoms in total. The first-order valence-electron chi connectivity index (χ1n) is 11.7. The topological polar surface area (TPSA) is 147 Å². The van der Waals surface area contributed by atoms with Gasteiger partial charge >= 0.3 is 16.4 Å². The van der Waals surface area contributed by atoms with Crippen LogP contribution < -0.4 is 15.4 Å². The first-order valence-corrected chi connectivity index (χ1v) is 14.9. The van der Waals surface area contributed by atoms with Crippen LogP contribution >= 0.6 is 22.7 Å². The Hall–Kier alpha value is -3.78. The molecule has 0 fully saturated rings. The molecule has 2 atom stereocenters. The lowest BCUT2D eigenvalue weighted by molar-refractivity contribution is -0.123. The molecule has 0 aliphatic heterocycles. The average molecular weight is 587 g/mol. The van der Waals surface area contributed by atoms with Crippen molar-refractivity contribution in [1.82, 2.24) is 15.6 Å². The molecule has 0 saturated carbocycles. The molecule has 2 amide bonds. The zero-order valence-electron chi connectivity index (χ0n) is 20.7. The van der Waals surface area contributed by atoms with E-state index >= 15 is 0 Å². The number of rotatable bonds is 11. The highest BCUT2D eigenvalue weighted by Crippen LogP contribution is 2.30. The third-order valence-electron chi connectivity index (χ3n) is 5.60. The third kappa shape index (κ3) is 8.35. The van der Waals surface area contributed by atoms with Gasteiger partial charge in [0.1, 0.15) is 11.0 Å². The van der Waals surface area contributed by atoms with Crippen molar-refractivity contribution in [2.24, 2.45) is 0 Å². The zero-order chi connectivity index (χ0) is 27.8. The second-order valence-corrected chi connectivity index (χ2v) is 11.5. The normalized spacial score (nSPS) is 12.8. The molecule has 0 bridgehead atoms. The van der Waals surface area contributed by atoms with Crippen molar-refractivity contribution in [3.05, 3.63) is 93.6 Å². The number of ether oxygens (including phenoxy) is 1. The Bertz CT molecular complexity index is 1510. The number of carbonyl (C=O) groups excluding carboxylic acids is 2. The maximum Gasteiger partial charge on any atom is 0.407 e. The van der Waals surface area contributed by atoms with Gasteiger partial charge in [-0.3, -0.25) is 14.1 Å². The number of anilines is 1. The van der Waals surface area contributed by atoms with Crippen LogP contribution in [0, 0.1) is 0 Å². The van der Waals surface area contributed by atoms with E-state index in [4.69, 9.17) is 14.3 Å². The van der Waals surface area contributed by atoms with Crippen molar-refractivity contribution in [2.75, 3.05) is 11.8 Å². The van der Waals surface area contributed by atoms with Crippen molar-refractivity contribution < 1.29 is 27.3 Å². The number of methoxy groups -OCH3 is 1. The van der Waals surface area contributed by atoms with E-state index < -0.39 is 34.4 Å². The second kappa shape index (κ2) is 12.8. The molecule has 4 aromatic rings. The van der Waals surface area contributed by atoms with Gasteiger partial charge in [-0.1, -0.05) is 48.5 Å². The minimum absolute atomic E-state index is 0.174. The molecular formula is C26H26N4O6S3. The minimum Gasteiger partial charge on any atom is -0.453 e. The van der Waals surface area contributed by atoms with Gasteiger partial charge in [-0.05, 0) is 41.1 Å². The number of hydrogen-bond acceptors (Lipinski definition) is 8. The predicted octanol–water partition coefficient (Wildman–Crippen LogP) is 4.45. The molecule has 0 aliphatic carbocycles. The van der Waals surface area contributed by atoms with Gasteiger partial charge < -0.3 is 15.4 Å². The molecule has 39 heavy (non-hydrogen) atoms. The smallest absolute Gasteiger partial charge is 0.407 e. The van der Waals surface area contributed by atoms with Gasteiger partial charge in [0.15, 0.2) is 0 Å². The molecule has 2 aromatic carbocycles. The van der Waals surface area contributed by atoms with Gasteiger partial charge in [0.05, 0.1) is 29.4 Å². The summed E-state index contributed by atoms with van der Waals surface area (Å²) in [7, 11) is -3.22. The van der Waals surface area contributed by atoms with Crippen LogP contribution in [0.4, 0.5) is 10.5 Å². The highest BCUT2D eigenvalue weighted by Gasteiger charge is 2.27. The molecule has 4 N–H and O–H groups in total. The Balaban J connectivity index is 1.62. The maximum atomic E-state index is 13.5. The Morgan fingerprint density at radius 1 is 0.974 bits per heavy atom. The lowest BCUT2D eigenvalue weighted by atomic mass is 10.0. The fourth-order valence-corrected chi connectivity index (χ4v) is 5.92. The van der Waals surface area contributed by atoms with Crippen LogP contribution in [-0.4, -0.2) is 43.1 Å². The van der Waals surface area contributed by atoms with Gasteiger partial charge in [-0.2, -0.15) is 8.42 Å². The Morgan fingerprint density at radius 3 is 2.44 bits per heavy atom. The molecule has 4 rings (SSSR count). The minimum atomic E-state index is -4.45. The van der Waals surface area contributed by atoms with E-state index in [0.29, 0.717) is 10.6 Å². The van der Waals surface area contributed by atoms with Gasteiger partial charge in [-0.25, -0.2) is 9.78 Å². The summed E-state index contributed by atoms with van der Waals surface area (Å²) in [4.78, 5) is 31.3. The van der Waals surface area contributed by atoms with E-state index in [2.05, 4.69) is 10.6 Å². The lowest BCUT2D eigenvalue weighted by Gasteiger charge is -2.22. The fraction of sp³-hybridized carbons (Fsp3) is 0.192. The number of alkyl carbamates (subject to hydrolysis) is 1. The predicted molar refractivity (Wildman–Crippen MR) is 151 cm³/mol. The standard InChI is InChI=1S/C26H26N4O6S3/c1-36-26(32)29-20(14-17-7-3-2-4-8-17)24(31)27-21(25-28-22(16-38-25)23-11-6-12-37-23)15-18-9-5-10-19(13-18)30-39(33,34)35/h2-13,16,20-21,30H,14-15H2,1H3,(H,27,31)(H,29,32)(H,33,34,35). The number of amides is 2. The number of hydrogen-bond donors (Lipinski definition) is 4. The van der Waals surface area contributed by atoms with E-state index in [9.17, 15) is 18.0 Å². The number of nitrogens with one attached hydrogen (secondary N) is 3. The van der Waals surface area contributed by atoms with Crippen molar-refractivity contribution in [3.8, 4) is 10.6 Å². The zero-order valence-corrected chi connectivity index (χ0v) is 23.2. The van der Waals surface area contributed by atoms with Gasteiger partial charge in [0, 0.05) is 11.8 Å². The monoisotopic (exact) mass is 586 g/mol. The van der Waals surface area contributed by atoms with E-state index in [0.717, 1.165) is 16.1 Å². The molecule has 2 aromatic heterocycles. The van der Waals surface area contributed by atoms with Crippen molar-refractivity contribution in [3.63, 3.8) is 0 Å². The quantitative estimate of drug-likeness (QED) is 0.190. The van der Waals surface area contributed by atoms with E-state index in [1.54, 1.807) is 29.5 Å². The van der Waals surface area contributed by atoms with Crippen LogP contribution in [0.25, 0.3) is 10.6 Å². The van der Waals surface area contributed by atoms with Crippen LogP contribution in [-0.2, 0) is 32.7 Å². The Labute approximate surface area is 234 Å². The van der Waals surface area contributed by atoms with Gasteiger partial charge in [-0.15, -0.1) is 22.7 Å². The molecule has 2 heterocycles. The third-order valence-corrected chi connectivity index (χ3v) is 7.94. The molecule has 0 saturated heterocycles. The molecule has 0 spiro atoms. The van der Waals surface area contributed by atoms with Crippen molar-refractivity contribution >= 4 is 50.7 Å². The summed E-state index contributed by atoms with van der Waals surface area (Å²) in [6, 6.07) is 18.1. The van der Waals surface area contributed by atoms with Crippen LogP contribution in [0.1, 0.15) is 22.2 Å². The number of aromatic nitrogens is 1. The number of nitrogens with zero attached hydrogens (tertiary/aromatic N) is 1. The summed E-state index contributed by atoms with van der Waals surface area (Å²) in [5.41, 5.74) is 2.48. The SMILES string of the molecule is COC(=O)NC(Cc1ccccc1)C(=O)NC(Cc1cccc(NS(=O)(=O)O)c1)c1nc(-c2cccs2)cs1. The summed E-state index contributed by atoms with van der Waals surface area (Å²) in [5.74, 6) is -0.436. The Morgan fingerprint density at radius 2 is 1.74 bits per heavy atom. The first-order chi connectivity index (χ1) is 18.7. The van der Waals surface area contributed by atoms with Crippen molar-refractivity contribution in [1.29, 1.82) is 0 Å². The van der Waals surface area contributed by atoms with Crippen LogP contribution in [0.15, 0.2) is 77.5 Å². The lowest BCUT2D eigenvalue weighted by Crippen LogP contribution is -2.49. The summed E-state index contributed by atoms with van der Waals surface area (Å²) in [5, 5.41) is 10.1. The summed E-state index contributed by atoms with van der Waals surface area (Å²) < 4.78 is 38.5. The van der Waals surface area contributed by atoms with E-state index in [-0.39, 0.29) is 18.5 Å². The number of thiophene rings is 1. The number of benzene rings is 2. The number of thiazole rings is 1. The Kier molecular flexibility index (Phi) is 9.30. The van der Waals surface area contributed by atoms with Crippen LogP contribution in [0.5, 0.6) is 0 Å². The second-order valence-electron chi connectivity index (χ2n) is 8.47. The fourth-order valence-electron chi connectivity index (χ4n) is 3.86. The highest BCUT2D eigenvalue weighted by atomic mass is 32.2. The number of carbonyl (C=O) groups is 2. The molecule has 0 aliphatic rings. The molecule has 2 unspecified atom stereocenters. The molecule has 204 valence electrons. The summed E-state index contributed by atoms with van der Waals surface area (Å²) >= 11 is 2.93.